The smallest absolute Gasteiger partial charge is 0.338 e. The van der Waals surface area contributed by atoms with Gasteiger partial charge in [0, 0.05) is 12.7 Å². The number of hydrogen-bond acceptors (Lipinski definition) is 7. The maximum absolute atomic E-state index is 11.7. The zero-order valence-electron chi connectivity index (χ0n) is 12.8. The molecule has 2 aromatic heterocycles. The molecule has 1 aromatic carbocycles. The van der Waals surface area contributed by atoms with Crippen LogP contribution in [0.3, 0.4) is 0 Å². The fraction of sp³-hybridized carbons (Fsp3) is 0.188. The van der Waals surface area contributed by atoms with Crippen molar-refractivity contribution < 1.29 is 9.53 Å². The van der Waals surface area contributed by atoms with E-state index in [0.29, 0.717) is 17.3 Å². The maximum atomic E-state index is 11.7. The van der Waals surface area contributed by atoms with Crippen molar-refractivity contribution >= 4 is 44.3 Å². The van der Waals surface area contributed by atoms with Crippen LogP contribution in [-0.2, 0) is 4.74 Å². The molecule has 3 rings (SSSR count). The van der Waals surface area contributed by atoms with Crippen LogP contribution >= 0.6 is 11.3 Å². The minimum atomic E-state index is -0.318. The van der Waals surface area contributed by atoms with E-state index in [2.05, 4.69) is 9.97 Å². The number of pyridine rings is 1. The Morgan fingerprint density at radius 2 is 1.96 bits per heavy atom. The van der Waals surface area contributed by atoms with E-state index < -0.39 is 0 Å². The fourth-order valence-corrected chi connectivity index (χ4v) is 2.88. The molecule has 6 nitrogen and oxygen atoms in total. The van der Waals surface area contributed by atoms with Crippen molar-refractivity contribution in [1.29, 1.82) is 0 Å². The Morgan fingerprint density at radius 1 is 1.22 bits per heavy atom. The summed E-state index contributed by atoms with van der Waals surface area (Å²) < 4.78 is 4.98. The lowest BCUT2D eigenvalue weighted by Crippen LogP contribution is -2.11. The number of rotatable bonds is 4. The van der Waals surface area contributed by atoms with Crippen LogP contribution in [0, 0.1) is 0 Å². The molecule has 0 spiro atoms. The van der Waals surface area contributed by atoms with E-state index in [1.54, 1.807) is 19.1 Å². The van der Waals surface area contributed by atoms with Crippen LogP contribution in [0.1, 0.15) is 17.3 Å². The van der Waals surface area contributed by atoms with Gasteiger partial charge in [0.2, 0.25) is 0 Å². The first-order valence-electron chi connectivity index (χ1n) is 7.12. The zero-order chi connectivity index (χ0) is 16.4. The van der Waals surface area contributed by atoms with E-state index in [0.717, 1.165) is 21.9 Å². The van der Waals surface area contributed by atoms with Gasteiger partial charge in [-0.25, -0.2) is 14.8 Å². The molecular weight excluding hydrogens is 312 g/mol. The van der Waals surface area contributed by atoms with Crippen molar-refractivity contribution in [2.24, 2.45) is 0 Å². The van der Waals surface area contributed by atoms with Gasteiger partial charge >= 0.3 is 5.97 Å². The lowest BCUT2D eigenvalue weighted by molar-refractivity contribution is 0.0526. The second-order valence-corrected chi connectivity index (χ2v) is 5.88. The highest BCUT2D eigenvalue weighted by Crippen LogP contribution is 2.27. The Morgan fingerprint density at radius 3 is 2.65 bits per heavy atom. The summed E-state index contributed by atoms with van der Waals surface area (Å²) in [5, 5.41) is 0.506. The molecule has 0 bridgehead atoms. The predicted molar refractivity (Wildman–Crippen MR) is 92.3 cm³/mol. The highest BCUT2D eigenvalue weighted by Gasteiger charge is 2.11. The molecule has 0 saturated heterocycles. The topological polar surface area (TPSA) is 81.3 Å². The van der Waals surface area contributed by atoms with Crippen molar-refractivity contribution in [2.45, 2.75) is 6.92 Å². The number of nitrogen functional groups attached to an aromatic ring is 1. The first-order chi connectivity index (χ1) is 11.1. The molecule has 2 heterocycles. The third kappa shape index (κ3) is 3.09. The molecule has 3 aromatic rings. The van der Waals surface area contributed by atoms with Gasteiger partial charge in [-0.05, 0) is 43.3 Å². The highest BCUT2D eigenvalue weighted by atomic mass is 32.1. The maximum Gasteiger partial charge on any atom is 0.338 e. The van der Waals surface area contributed by atoms with E-state index in [4.69, 9.17) is 10.5 Å². The van der Waals surface area contributed by atoms with Gasteiger partial charge in [0.25, 0.3) is 0 Å². The molecule has 118 valence electrons. The van der Waals surface area contributed by atoms with Gasteiger partial charge in [0.1, 0.15) is 16.2 Å². The zero-order valence-corrected chi connectivity index (χ0v) is 13.6. The number of thiazole rings is 1. The lowest BCUT2D eigenvalue weighted by Gasteiger charge is -2.18. The summed E-state index contributed by atoms with van der Waals surface area (Å²) >= 11 is 1.36. The summed E-state index contributed by atoms with van der Waals surface area (Å²) in [6.07, 6.45) is 0. The summed E-state index contributed by atoms with van der Waals surface area (Å²) in [5.74, 6) is 0.464. The van der Waals surface area contributed by atoms with Gasteiger partial charge in [-0.2, -0.15) is 0 Å². The molecular formula is C16H16N4O2S. The van der Waals surface area contributed by atoms with Crippen LogP contribution < -0.4 is 10.6 Å². The predicted octanol–water partition coefficient (Wildman–Crippen LogP) is 3.22. The molecule has 0 unspecified atom stereocenters. The van der Waals surface area contributed by atoms with E-state index >= 15 is 0 Å². The third-order valence-corrected chi connectivity index (χ3v) is 4.16. The number of hydrogen-bond donors (Lipinski definition) is 1. The van der Waals surface area contributed by atoms with Gasteiger partial charge in [0.05, 0.1) is 12.2 Å². The van der Waals surface area contributed by atoms with Crippen molar-refractivity contribution in [1.82, 2.24) is 9.97 Å². The van der Waals surface area contributed by atoms with E-state index in [1.165, 1.54) is 11.3 Å². The second kappa shape index (κ2) is 6.21. The number of fused-ring (bicyclic) bond motifs is 1. The van der Waals surface area contributed by atoms with Gasteiger partial charge in [-0.3, -0.25) is 0 Å². The first-order valence-corrected chi connectivity index (χ1v) is 7.94. The number of carbonyl (C=O) groups is 1. The molecule has 0 amide bonds. The highest BCUT2D eigenvalue weighted by molar-refractivity contribution is 7.21. The molecule has 0 aliphatic rings. The molecule has 0 atom stereocenters. The summed E-state index contributed by atoms with van der Waals surface area (Å²) in [6, 6.07) is 11.0. The minimum absolute atomic E-state index is 0.318. The van der Waals surface area contributed by atoms with Gasteiger partial charge in [-0.1, -0.05) is 11.3 Å². The number of aromatic nitrogens is 2. The van der Waals surface area contributed by atoms with Crippen LogP contribution in [0.4, 0.5) is 16.6 Å². The molecule has 2 N–H and O–H groups in total. The van der Waals surface area contributed by atoms with Crippen LogP contribution in [-0.4, -0.2) is 29.6 Å². The number of benzene rings is 1. The number of carbonyl (C=O) groups excluding carboxylic acids is 1. The van der Waals surface area contributed by atoms with Gasteiger partial charge in [-0.15, -0.1) is 0 Å². The average molecular weight is 328 g/mol. The quantitative estimate of drug-likeness (QED) is 0.741. The molecule has 0 aliphatic carbocycles. The Balaban J connectivity index is 1.86. The Hall–Kier alpha value is -2.67. The number of nitrogens with zero attached hydrogens (tertiary/aromatic N) is 3. The van der Waals surface area contributed by atoms with Crippen LogP contribution in [0.15, 0.2) is 36.4 Å². The molecule has 23 heavy (non-hydrogen) atoms. The summed E-state index contributed by atoms with van der Waals surface area (Å²) in [7, 11) is 1.91. The summed E-state index contributed by atoms with van der Waals surface area (Å²) in [5.41, 5.74) is 7.95. The Labute approximate surface area is 137 Å². The molecule has 7 heteroatoms. The van der Waals surface area contributed by atoms with E-state index in [9.17, 15) is 4.79 Å². The molecule has 0 radical (unpaired) electrons. The number of anilines is 3. The van der Waals surface area contributed by atoms with E-state index in [1.807, 2.05) is 36.2 Å². The van der Waals surface area contributed by atoms with Gasteiger partial charge in [0.15, 0.2) is 5.13 Å². The third-order valence-electron chi connectivity index (χ3n) is 3.37. The van der Waals surface area contributed by atoms with Crippen molar-refractivity contribution in [3.8, 4) is 0 Å². The van der Waals surface area contributed by atoms with Crippen molar-refractivity contribution in [3.05, 3.63) is 42.0 Å². The van der Waals surface area contributed by atoms with Crippen molar-refractivity contribution in [3.63, 3.8) is 0 Å². The number of ether oxygens (including phenoxy) is 1. The Bertz CT molecular complexity index is 845. The number of nitrogens with two attached hydrogens (primary N) is 1. The normalized spacial score (nSPS) is 10.7. The Kier molecular flexibility index (Phi) is 4.12. The number of esters is 1. The van der Waals surface area contributed by atoms with Crippen molar-refractivity contribution in [2.75, 3.05) is 24.3 Å². The largest absolute Gasteiger partial charge is 0.462 e. The van der Waals surface area contributed by atoms with Gasteiger partial charge < -0.3 is 15.4 Å². The fourth-order valence-electron chi connectivity index (χ4n) is 2.18. The average Bonchev–Trinajstić information content (AvgIpc) is 2.93. The molecule has 0 aliphatic heterocycles. The molecule has 0 fully saturated rings. The minimum Gasteiger partial charge on any atom is -0.462 e. The second-order valence-electron chi connectivity index (χ2n) is 4.87. The SMILES string of the molecule is CCOC(=O)c1ccc(N(C)c2ccc3nc(N)sc3n2)cc1. The monoisotopic (exact) mass is 328 g/mol. The van der Waals surface area contributed by atoms with E-state index in [-0.39, 0.29) is 5.97 Å². The summed E-state index contributed by atoms with van der Waals surface area (Å²) in [4.78, 5) is 23.2. The first kappa shape index (κ1) is 15.2. The van der Waals surface area contributed by atoms with Crippen LogP contribution in [0.2, 0.25) is 0 Å². The standard InChI is InChI=1S/C16H16N4O2S/c1-3-22-15(21)10-4-6-11(7-5-10)20(2)13-9-8-12-14(19-13)23-16(17)18-12/h4-9H,3H2,1-2H3,(H2,17,18). The lowest BCUT2D eigenvalue weighted by atomic mass is 10.2. The molecule has 0 saturated carbocycles. The summed E-state index contributed by atoms with van der Waals surface area (Å²) in [6.45, 7) is 2.15. The van der Waals surface area contributed by atoms with Crippen LogP contribution in [0.25, 0.3) is 10.3 Å². The van der Waals surface area contributed by atoms with Crippen LogP contribution in [0.5, 0.6) is 0 Å².